The zero-order valence-corrected chi connectivity index (χ0v) is 16.7. The third kappa shape index (κ3) is 4.56. The van der Waals surface area contributed by atoms with Crippen molar-refractivity contribution in [3.63, 3.8) is 0 Å². The van der Waals surface area contributed by atoms with E-state index in [0.29, 0.717) is 0 Å². The Hall–Kier alpha value is -3.48. The molecular formula is C23H25N5O2. The summed E-state index contributed by atoms with van der Waals surface area (Å²) >= 11 is 0. The second-order valence-electron chi connectivity index (χ2n) is 7.55. The Morgan fingerprint density at radius 1 is 0.867 bits per heavy atom. The fraction of sp³-hybridized carbons (Fsp3) is 0.304. The van der Waals surface area contributed by atoms with E-state index in [1.165, 1.54) is 12.7 Å². The van der Waals surface area contributed by atoms with Gasteiger partial charge in [0.05, 0.1) is 11.0 Å². The number of aromatic nitrogens is 2. The first-order valence-electron chi connectivity index (χ1n) is 10.3. The van der Waals surface area contributed by atoms with Gasteiger partial charge in [-0.05, 0) is 24.0 Å². The van der Waals surface area contributed by atoms with Gasteiger partial charge in [-0.1, -0.05) is 79.9 Å². The van der Waals surface area contributed by atoms with Crippen LogP contribution in [0.1, 0.15) is 49.3 Å². The van der Waals surface area contributed by atoms with Crippen molar-refractivity contribution in [3.8, 4) is 0 Å². The van der Waals surface area contributed by atoms with Crippen molar-refractivity contribution in [1.82, 2.24) is 9.97 Å². The minimum Gasteiger partial charge on any atom is -0.361 e. The Kier molecular flexibility index (Phi) is 6.17. The van der Waals surface area contributed by atoms with Crippen molar-refractivity contribution in [2.75, 3.05) is 10.6 Å². The molecule has 0 bridgehead atoms. The van der Waals surface area contributed by atoms with E-state index < -0.39 is 4.92 Å². The Morgan fingerprint density at radius 2 is 1.43 bits per heavy atom. The van der Waals surface area contributed by atoms with Crippen LogP contribution in [0, 0.1) is 10.1 Å². The maximum Gasteiger partial charge on any atom is 0.353 e. The first kappa shape index (κ1) is 19.8. The highest BCUT2D eigenvalue weighted by atomic mass is 16.6. The number of benzene rings is 2. The maximum atomic E-state index is 12.0. The summed E-state index contributed by atoms with van der Waals surface area (Å²) in [6.45, 7) is 0. The maximum absolute atomic E-state index is 12.0. The second-order valence-corrected chi connectivity index (χ2v) is 7.55. The number of nitrogens with zero attached hydrogens (tertiary/aromatic N) is 3. The summed E-state index contributed by atoms with van der Waals surface area (Å²) in [5.41, 5.74) is 1.89. The Labute approximate surface area is 175 Å². The number of anilines is 2. The molecule has 0 spiro atoms. The Balaban J connectivity index is 1.69. The molecule has 2 aromatic carbocycles. The van der Waals surface area contributed by atoms with E-state index >= 15 is 0 Å². The molecule has 7 heteroatoms. The minimum absolute atomic E-state index is 0.111. The van der Waals surface area contributed by atoms with Crippen LogP contribution in [0.15, 0.2) is 67.0 Å². The van der Waals surface area contributed by atoms with Gasteiger partial charge in [0.2, 0.25) is 11.6 Å². The molecule has 30 heavy (non-hydrogen) atoms. The number of hydrogen-bond acceptors (Lipinski definition) is 6. The summed E-state index contributed by atoms with van der Waals surface area (Å²) < 4.78 is 0. The van der Waals surface area contributed by atoms with E-state index in [9.17, 15) is 10.1 Å². The van der Waals surface area contributed by atoms with Gasteiger partial charge in [0.25, 0.3) is 0 Å². The normalized spacial score (nSPS) is 14.4. The summed E-state index contributed by atoms with van der Waals surface area (Å²) in [5.74, 6) is 0.496. The van der Waals surface area contributed by atoms with Crippen LogP contribution >= 0.6 is 0 Å². The van der Waals surface area contributed by atoms with Crippen molar-refractivity contribution in [3.05, 3.63) is 88.2 Å². The smallest absolute Gasteiger partial charge is 0.353 e. The number of nitro groups is 1. The van der Waals surface area contributed by atoms with Gasteiger partial charge in [0, 0.05) is 6.04 Å². The van der Waals surface area contributed by atoms with Crippen LogP contribution in [0.2, 0.25) is 0 Å². The van der Waals surface area contributed by atoms with Crippen molar-refractivity contribution >= 4 is 17.3 Å². The molecular weight excluding hydrogens is 378 g/mol. The van der Waals surface area contributed by atoms with Crippen molar-refractivity contribution in [1.29, 1.82) is 0 Å². The molecule has 1 saturated carbocycles. The van der Waals surface area contributed by atoms with Gasteiger partial charge >= 0.3 is 5.69 Å². The molecule has 3 aromatic rings. The standard InChI is InChI=1S/C23H25N5O2/c29-28(30)21-22(26-19-14-8-3-9-15-19)24-16-25-23(21)27-20(17-10-4-1-5-11-17)18-12-6-2-7-13-18/h1-2,4-7,10-13,16,19-20H,3,8-9,14-15H2,(H2,24,25,26,27). The molecule has 2 N–H and O–H groups in total. The van der Waals surface area contributed by atoms with Crippen LogP contribution in [0.5, 0.6) is 0 Å². The molecule has 1 aromatic heterocycles. The molecule has 1 aliphatic carbocycles. The van der Waals surface area contributed by atoms with E-state index in [1.54, 1.807) is 0 Å². The molecule has 1 heterocycles. The molecule has 4 rings (SSSR count). The fourth-order valence-electron chi connectivity index (χ4n) is 3.99. The van der Waals surface area contributed by atoms with E-state index in [1.807, 2.05) is 60.7 Å². The lowest BCUT2D eigenvalue weighted by Gasteiger charge is -2.24. The van der Waals surface area contributed by atoms with E-state index in [4.69, 9.17) is 0 Å². The number of hydrogen-bond donors (Lipinski definition) is 2. The summed E-state index contributed by atoms with van der Waals surface area (Å²) in [5, 5.41) is 18.6. The molecule has 0 aliphatic heterocycles. The molecule has 0 amide bonds. The van der Waals surface area contributed by atoms with Gasteiger partial charge in [-0.25, -0.2) is 9.97 Å². The van der Waals surface area contributed by atoms with Gasteiger partial charge in [0.15, 0.2) is 0 Å². The molecule has 0 radical (unpaired) electrons. The van der Waals surface area contributed by atoms with Crippen molar-refractivity contribution in [2.45, 2.75) is 44.2 Å². The van der Waals surface area contributed by atoms with Crippen LogP contribution in [-0.2, 0) is 0 Å². The SMILES string of the molecule is O=[N+]([O-])c1c(NC2CCCCC2)ncnc1NC(c1ccccc1)c1ccccc1. The van der Waals surface area contributed by atoms with Gasteiger partial charge in [-0.15, -0.1) is 0 Å². The summed E-state index contributed by atoms with van der Waals surface area (Å²) in [6, 6.07) is 19.7. The highest BCUT2D eigenvalue weighted by molar-refractivity contribution is 5.70. The van der Waals surface area contributed by atoms with Crippen LogP contribution < -0.4 is 10.6 Å². The van der Waals surface area contributed by atoms with E-state index in [-0.39, 0.29) is 29.4 Å². The van der Waals surface area contributed by atoms with Crippen molar-refractivity contribution < 1.29 is 4.92 Å². The van der Waals surface area contributed by atoms with E-state index in [2.05, 4.69) is 20.6 Å². The highest BCUT2D eigenvalue weighted by Gasteiger charge is 2.27. The first-order chi connectivity index (χ1) is 14.7. The lowest BCUT2D eigenvalue weighted by Crippen LogP contribution is -2.24. The van der Waals surface area contributed by atoms with Gasteiger partial charge in [-0.3, -0.25) is 10.1 Å². The number of nitrogens with one attached hydrogen (secondary N) is 2. The van der Waals surface area contributed by atoms with Crippen LogP contribution in [-0.4, -0.2) is 20.9 Å². The molecule has 0 saturated heterocycles. The molecule has 0 unspecified atom stereocenters. The Bertz CT molecular complexity index is 936. The molecule has 154 valence electrons. The lowest BCUT2D eigenvalue weighted by atomic mass is 9.95. The van der Waals surface area contributed by atoms with Gasteiger partial charge < -0.3 is 10.6 Å². The molecule has 1 fully saturated rings. The van der Waals surface area contributed by atoms with Crippen LogP contribution in [0.25, 0.3) is 0 Å². The van der Waals surface area contributed by atoms with Crippen molar-refractivity contribution in [2.24, 2.45) is 0 Å². The Morgan fingerprint density at radius 3 is 2.00 bits per heavy atom. The largest absolute Gasteiger partial charge is 0.361 e. The van der Waals surface area contributed by atoms with Gasteiger partial charge in [-0.2, -0.15) is 0 Å². The van der Waals surface area contributed by atoms with Gasteiger partial charge in [0.1, 0.15) is 6.33 Å². The first-order valence-corrected chi connectivity index (χ1v) is 10.3. The summed E-state index contributed by atoms with van der Waals surface area (Å²) in [6.07, 6.45) is 6.86. The second kappa shape index (κ2) is 9.35. The van der Waals surface area contributed by atoms with E-state index in [0.717, 1.165) is 36.8 Å². The monoisotopic (exact) mass is 403 g/mol. The lowest BCUT2D eigenvalue weighted by molar-refractivity contribution is -0.383. The molecule has 0 atom stereocenters. The molecule has 1 aliphatic rings. The highest BCUT2D eigenvalue weighted by Crippen LogP contribution is 2.35. The summed E-state index contributed by atoms with van der Waals surface area (Å²) in [4.78, 5) is 20.0. The van der Waals surface area contributed by atoms with Crippen LogP contribution in [0.4, 0.5) is 17.3 Å². The average Bonchev–Trinajstić information content (AvgIpc) is 2.79. The quantitative estimate of drug-likeness (QED) is 0.409. The minimum atomic E-state index is -0.402. The topological polar surface area (TPSA) is 93.0 Å². The number of rotatable bonds is 7. The molecule has 7 nitrogen and oxygen atoms in total. The third-order valence-corrected chi connectivity index (χ3v) is 5.50. The predicted molar refractivity (Wildman–Crippen MR) is 118 cm³/mol. The van der Waals surface area contributed by atoms with Crippen LogP contribution in [0.3, 0.4) is 0 Å². The third-order valence-electron chi connectivity index (χ3n) is 5.50. The zero-order chi connectivity index (χ0) is 20.8. The average molecular weight is 403 g/mol. The fourth-order valence-corrected chi connectivity index (χ4v) is 3.99. The summed E-state index contributed by atoms with van der Waals surface area (Å²) in [7, 11) is 0. The zero-order valence-electron chi connectivity index (χ0n) is 16.7. The predicted octanol–water partition coefficient (Wildman–Crippen LogP) is 5.33.